The van der Waals surface area contributed by atoms with Gasteiger partial charge in [-0.3, -0.25) is 0 Å². The molecule has 2 saturated heterocycles. The maximum absolute atomic E-state index is 11.4. The highest BCUT2D eigenvalue weighted by Crippen LogP contribution is 2.33. The van der Waals surface area contributed by atoms with Gasteiger partial charge >= 0.3 is 0 Å². The second kappa shape index (κ2) is 15.7. The van der Waals surface area contributed by atoms with Crippen molar-refractivity contribution in [3.05, 3.63) is 108 Å². The summed E-state index contributed by atoms with van der Waals surface area (Å²) < 4.78 is 44.1. The van der Waals surface area contributed by atoms with Crippen LogP contribution in [0.1, 0.15) is 44.4 Å². The molecule has 9 heteroatoms. The third-order valence-electron chi connectivity index (χ3n) is 7.81. The lowest BCUT2D eigenvalue weighted by Crippen LogP contribution is -2.63. The van der Waals surface area contributed by atoms with Gasteiger partial charge < -0.3 is 43.4 Å². The minimum Gasteiger partial charge on any atom is -0.387 e. The quantitative estimate of drug-likeness (QED) is 0.296. The molecule has 2 aliphatic rings. The number of ether oxygens (including phenoxy) is 7. The number of aliphatic hydroxyl groups excluding tert-OH is 2. The predicted octanol–water partition coefficient (Wildman–Crippen LogP) is 4.77. The van der Waals surface area contributed by atoms with Crippen molar-refractivity contribution in [1.82, 2.24) is 0 Å². The summed E-state index contributed by atoms with van der Waals surface area (Å²) in [5.41, 5.74) is 2.37. The molecule has 0 amide bonds. The molecule has 2 heterocycles. The van der Waals surface area contributed by atoms with Gasteiger partial charge in [-0.05, 0) is 44.4 Å². The van der Waals surface area contributed by atoms with Gasteiger partial charge in [-0.2, -0.15) is 0 Å². The molecule has 0 aliphatic carbocycles. The van der Waals surface area contributed by atoms with Crippen LogP contribution in [0.4, 0.5) is 0 Å². The average molecular weight is 623 g/mol. The van der Waals surface area contributed by atoms with Crippen LogP contribution in [0.5, 0.6) is 0 Å². The Morgan fingerprint density at radius 3 is 1.67 bits per heavy atom. The van der Waals surface area contributed by atoms with E-state index in [1.54, 1.807) is 6.92 Å². The Bertz CT molecular complexity index is 1270. The Kier molecular flexibility index (Phi) is 11.8. The van der Waals surface area contributed by atoms with Crippen LogP contribution in [0, 0.1) is 0 Å². The smallest absolute Gasteiger partial charge is 0.187 e. The molecule has 244 valence electrons. The summed E-state index contributed by atoms with van der Waals surface area (Å²) in [4.78, 5) is 0. The number of aliphatic hydroxyl groups is 2. The summed E-state index contributed by atoms with van der Waals surface area (Å²) in [6, 6.07) is 29.7. The van der Waals surface area contributed by atoms with Gasteiger partial charge in [0, 0.05) is 0 Å². The lowest BCUT2D eigenvalue weighted by molar-refractivity contribution is -0.356. The van der Waals surface area contributed by atoms with E-state index in [9.17, 15) is 10.2 Å². The lowest BCUT2D eigenvalue weighted by Gasteiger charge is -2.47. The van der Waals surface area contributed by atoms with E-state index in [2.05, 4.69) is 0 Å². The third-order valence-corrected chi connectivity index (χ3v) is 7.81. The first-order valence-electron chi connectivity index (χ1n) is 15.6. The molecule has 2 aliphatic heterocycles. The number of hydrogen-bond donors (Lipinski definition) is 2. The zero-order chi connectivity index (χ0) is 31.8. The van der Waals surface area contributed by atoms with E-state index in [1.807, 2.05) is 112 Å². The van der Waals surface area contributed by atoms with Gasteiger partial charge in [0.05, 0.1) is 38.1 Å². The lowest BCUT2D eigenvalue weighted by atomic mass is 9.97. The van der Waals surface area contributed by atoms with Gasteiger partial charge in [-0.1, -0.05) is 91.0 Å². The molecular formula is C36H46O9. The summed E-state index contributed by atoms with van der Waals surface area (Å²) in [5, 5.41) is 22.0. The summed E-state index contributed by atoms with van der Waals surface area (Å²) in [6.07, 6.45) is -7.82. The van der Waals surface area contributed by atoms with E-state index < -0.39 is 60.9 Å². The predicted molar refractivity (Wildman–Crippen MR) is 167 cm³/mol. The first kappa shape index (κ1) is 33.7. The van der Waals surface area contributed by atoms with Crippen LogP contribution in [0.3, 0.4) is 0 Å². The first-order chi connectivity index (χ1) is 21.7. The van der Waals surface area contributed by atoms with Crippen LogP contribution < -0.4 is 0 Å². The average Bonchev–Trinajstić information content (AvgIpc) is 3.03. The van der Waals surface area contributed by atoms with Gasteiger partial charge in [0.25, 0.3) is 0 Å². The van der Waals surface area contributed by atoms with Crippen molar-refractivity contribution >= 4 is 0 Å². The fraction of sp³-hybridized carbons (Fsp3) is 0.500. The van der Waals surface area contributed by atoms with E-state index in [0.29, 0.717) is 13.2 Å². The van der Waals surface area contributed by atoms with Gasteiger partial charge in [0.15, 0.2) is 12.6 Å². The Morgan fingerprint density at radius 2 is 1.16 bits per heavy atom. The number of hydrogen-bond acceptors (Lipinski definition) is 9. The zero-order valence-electron chi connectivity index (χ0n) is 26.4. The first-order valence-corrected chi connectivity index (χ1v) is 15.6. The van der Waals surface area contributed by atoms with Gasteiger partial charge in [0.2, 0.25) is 0 Å². The third kappa shape index (κ3) is 9.42. The minimum atomic E-state index is -1.32. The fourth-order valence-corrected chi connectivity index (χ4v) is 5.58. The van der Waals surface area contributed by atoms with Gasteiger partial charge in [0.1, 0.15) is 36.6 Å². The van der Waals surface area contributed by atoms with Crippen LogP contribution in [0.25, 0.3) is 0 Å². The van der Waals surface area contributed by atoms with Crippen LogP contribution in [-0.4, -0.2) is 77.7 Å². The maximum Gasteiger partial charge on any atom is 0.187 e. The second-order valence-corrected chi connectivity index (χ2v) is 12.6. The molecule has 2 fully saturated rings. The molecular weight excluding hydrogens is 576 g/mol. The number of benzene rings is 3. The van der Waals surface area contributed by atoms with Crippen molar-refractivity contribution in [3.63, 3.8) is 0 Å². The van der Waals surface area contributed by atoms with Crippen molar-refractivity contribution in [2.45, 2.75) is 108 Å². The van der Waals surface area contributed by atoms with Crippen molar-refractivity contribution in [3.8, 4) is 0 Å². The molecule has 5 rings (SSSR count). The zero-order valence-corrected chi connectivity index (χ0v) is 26.4. The van der Waals surface area contributed by atoms with Crippen molar-refractivity contribution in [2.75, 3.05) is 6.61 Å². The Morgan fingerprint density at radius 1 is 0.667 bits per heavy atom. The molecule has 45 heavy (non-hydrogen) atoms. The molecule has 0 spiro atoms. The summed E-state index contributed by atoms with van der Waals surface area (Å²) in [6.45, 7) is 8.43. The summed E-state index contributed by atoms with van der Waals surface area (Å²) in [7, 11) is 0. The minimum absolute atomic E-state index is 0.171. The molecule has 0 bridgehead atoms. The standard InChI is InChI=1S/C36H46O9/c1-24-30(29(37)32(34(38)43-24)45-36(2,3)4)44-35-33(41-22-27-18-12-7-13-19-27)31(40-21-26-16-10-6-11-17-26)28(23-42-35)39-20-25-14-8-5-9-15-25/h5-19,24,28-35,37-38H,20-23H2,1-4H3/t24?,28-,29?,30+,31?,32?,33?,34-,35+/m1/s1. The van der Waals surface area contributed by atoms with E-state index in [-0.39, 0.29) is 13.2 Å². The topological polar surface area (TPSA) is 105 Å². The van der Waals surface area contributed by atoms with Crippen LogP contribution in [-0.2, 0) is 53.0 Å². The molecule has 0 saturated carbocycles. The number of rotatable bonds is 12. The van der Waals surface area contributed by atoms with Gasteiger partial charge in [-0.25, -0.2) is 0 Å². The Hall–Kier alpha value is -2.70. The van der Waals surface area contributed by atoms with Crippen LogP contribution >= 0.6 is 0 Å². The second-order valence-electron chi connectivity index (χ2n) is 12.6. The summed E-state index contributed by atoms with van der Waals surface area (Å²) >= 11 is 0. The van der Waals surface area contributed by atoms with Crippen molar-refractivity contribution in [1.29, 1.82) is 0 Å². The van der Waals surface area contributed by atoms with E-state index in [4.69, 9.17) is 33.2 Å². The van der Waals surface area contributed by atoms with Gasteiger partial charge in [-0.15, -0.1) is 0 Å². The largest absolute Gasteiger partial charge is 0.387 e. The highest BCUT2D eigenvalue weighted by Gasteiger charge is 2.50. The maximum atomic E-state index is 11.4. The molecule has 9 atom stereocenters. The Labute approximate surface area is 265 Å². The van der Waals surface area contributed by atoms with Crippen molar-refractivity contribution < 1.29 is 43.4 Å². The van der Waals surface area contributed by atoms with E-state index in [1.165, 1.54) is 0 Å². The van der Waals surface area contributed by atoms with Crippen LogP contribution in [0.15, 0.2) is 91.0 Å². The monoisotopic (exact) mass is 622 g/mol. The molecule has 3 aromatic carbocycles. The van der Waals surface area contributed by atoms with Crippen LogP contribution in [0.2, 0.25) is 0 Å². The molecule has 3 aromatic rings. The SMILES string of the molecule is CC1O[C@@H](O)C(OC(C)(C)C)C(O)[C@H]1O[C@@H]1OC[C@@H](OCc2ccccc2)C(OCc2ccccc2)C1OCc1ccccc1. The molecule has 0 radical (unpaired) electrons. The molecule has 5 unspecified atom stereocenters. The molecule has 0 aromatic heterocycles. The highest BCUT2D eigenvalue weighted by molar-refractivity contribution is 5.15. The molecule has 2 N–H and O–H groups in total. The fourth-order valence-electron chi connectivity index (χ4n) is 5.58. The van der Waals surface area contributed by atoms with E-state index in [0.717, 1.165) is 16.7 Å². The normalized spacial score (nSPS) is 30.7. The van der Waals surface area contributed by atoms with E-state index >= 15 is 0 Å². The van der Waals surface area contributed by atoms with Crippen molar-refractivity contribution in [2.24, 2.45) is 0 Å². The highest BCUT2D eigenvalue weighted by atomic mass is 16.7. The Balaban J connectivity index is 1.40. The molecule has 9 nitrogen and oxygen atoms in total. The summed E-state index contributed by atoms with van der Waals surface area (Å²) in [5.74, 6) is 0.